The lowest BCUT2D eigenvalue weighted by Crippen LogP contribution is -2.38. The van der Waals surface area contributed by atoms with E-state index in [1.165, 1.54) is 15.8 Å². The predicted octanol–water partition coefficient (Wildman–Crippen LogP) is 4.09. The third-order valence-corrected chi connectivity index (χ3v) is 5.66. The van der Waals surface area contributed by atoms with E-state index in [-0.39, 0.29) is 30.5 Å². The van der Waals surface area contributed by atoms with E-state index in [0.717, 1.165) is 6.07 Å². The lowest BCUT2D eigenvalue weighted by atomic mass is 10.0. The topological polar surface area (TPSA) is 93.2 Å². The fraction of sp³-hybridized carbons (Fsp3) is 0.208. The van der Waals surface area contributed by atoms with Crippen molar-refractivity contribution < 1.29 is 22.8 Å². The number of aromatic nitrogens is 2. The molecule has 35 heavy (non-hydrogen) atoms. The van der Waals surface area contributed by atoms with Gasteiger partial charge in [0.2, 0.25) is 5.91 Å². The molecule has 11 heteroatoms. The average molecular weight is 504 g/mol. The van der Waals surface area contributed by atoms with Crippen molar-refractivity contribution in [2.45, 2.75) is 32.4 Å². The summed E-state index contributed by atoms with van der Waals surface area (Å²) in [7, 11) is 0. The highest BCUT2D eigenvalue weighted by molar-refractivity contribution is 6.30. The molecule has 0 unspecified atom stereocenters. The highest BCUT2D eigenvalue weighted by atomic mass is 35.5. The number of carbonyl (C=O) groups excluding carboxylic acids is 2. The molecule has 0 saturated heterocycles. The number of anilines is 2. The smallest absolute Gasteiger partial charge is 0.254 e. The molecule has 4 rings (SSSR count). The molecule has 7 nitrogen and oxygen atoms in total. The van der Waals surface area contributed by atoms with Crippen LogP contribution in [0.3, 0.4) is 0 Å². The molecule has 1 aliphatic heterocycles. The number of hydrogen-bond donors (Lipinski definition) is 2. The fourth-order valence-electron chi connectivity index (χ4n) is 3.74. The highest BCUT2D eigenvalue weighted by Gasteiger charge is 2.28. The van der Waals surface area contributed by atoms with Crippen molar-refractivity contribution >= 4 is 34.9 Å². The molecule has 2 aromatic carbocycles. The molecule has 1 aliphatic rings. The summed E-state index contributed by atoms with van der Waals surface area (Å²) >= 11 is 5.88. The van der Waals surface area contributed by atoms with E-state index >= 15 is 0 Å². The second kappa shape index (κ2) is 9.93. The molecule has 3 N–H and O–H groups in total. The van der Waals surface area contributed by atoms with E-state index in [1.807, 2.05) is 0 Å². The fourth-order valence-corrected chi connectivity index (χ4v) is 3.86. The maximum absolute atomic E-state index is 14.0. The molecule has 1 aromatic heterocycles. The summed E-state index contributed by atoms with van der Waals surface area (Å²) in [6.07, 6.45) is 0.981. The Bertz CT molecular complexity index is 1320. The number of benzene rings is 2. The summed E-state index contributed by atoms with van der Waals surface area (Å²) in [4.78, 5) is 27.3. The van der Waals surface area contributed by atoms with Crippen LogP contribution in [0, 0.1) is 24.4 Å². The van der Waals surface area contributed by atoms with Gasteiger partial charge in [-0.3, -0.25) is 14.5 Å². The van der Waals surface area contributed by atoms with Crippen molar-refractivity contribution in [3.05, 3.63) is 88.0 Å². The summed E-state index contributed by atoms with van der Waals surface area (Å²) in [6, 6.07) is 8.53. The van der Waals surface area contributed by atoms with Gasteiger partial charge in [0.05, 0.1) is 17.8 Å². The maximum Gasteiger partial charge on any atom is 0.254 e. The highest BCUT2D eigenvalue weighted by Crippen LogP contribution is 2.26. The lowest BCUT2D eigenvalue weighted by molar-refractivity contribution is -0.118. The van der Waals surface area contributed by atoms with Crippen LogP contribution in [0.15, 0.2) is 54.2 Å². The minimum absolute atomic E-state index is 0.137. The molecule has 0 bridgehead atoms. The van der Waals surface area contributed by atoms with Gasteiger partial charge < -0.3 is 11.1 Å². The molecule has 2 heterocycles. The number of carbonyl (C=O) groups is 2. The number of rotatable bonds is 6. The normalized spacial score (nSPS) is 13.8. The van der Waals surface area contributed by atoms with Crippen molar-refractivity contribution in [3.63, 3.8) is 0 Å². The van der Waals surface area contributed by atoms with Gasteiger partial charge in [0.1, 0.15) is 11.6 Å². The summed E-state index contributed by atoms with van der Waals surface area (Å²) in [5.41, 5.74) is 7.33. The molecule has 0 fully saturated rings. The summed E-state index contributed by atoms with van der Waals surface area (Å²) in [6.45, 7) is 1.89. The van der Waals surface area contributed by atoms with E-state index in [4.69, 9.17) is 17.3 Å². The molecule has 182 valence electrons. The van der Waals surface area contributed by atoms with Crippen LogP contribution in [0.1, 0.15) is 17.7 Å². The first-order valence-corrected chi connectivity index (χ1v) is 11.0. The quantitative estimate of drug-likeness (QED) is 0.495. The van der Waals surface area contributed by atoms with Gasteiger partial charge in [-0.05, 0) is 49.2 Å². The number of nitrogens with one attached hydrogen (secondary N) is 1. The Labute approximate surface area is 204 Å². The lowest BCUT2D eigenvalue weighted by Gasteiger charge is -2.26. The number of halogens is 4. The number of amides is 2. The number of nitrogens with zero attached hydrogens (tertiary/aromatic N) is 3. The molecule has 0 aliphatic carbocycles. The number of fused-ring (bicyclic) bond motifs is 1. The van der Waals surface area contributed by atoms with Crippen LogP contribution in [0.2, 0.25) is 5.02 Å². The van der Waals surface area contributed by atoms with Crippen LogP contribution in [0.25, 0.3) is 0 Å². The molecule has 3 aromatic rings. The molecular weight excluding hydrogens is 483 g/mol. The summed E-state index contributed by atoms with van der Waals surface area (Å²) in [5.74, 6) is -3.91. The first kappa shape index (κ1) is 24.5. The Hall–Kier alpha value is -3.63. The van der Waals surface area contributed by atoms with Crippen molar-refractivity contribution in [3.8, 4) is 0 Å². The van der Waals surface area contributed by atoms with E-state index in [0.29, 0.717) is 28.3 Å². The predicted molar refractivity (Wildman–Crippen MR) is 125 cm³/mol. The van der Waals surface area contributed by atoms with Gasteiger partial charge in [0.25, 0.3) is 5.91 Å². The van der Waals surface area contributed by atoms with Gasteiger partial charge in [-0.25, -0.2) is 17.9 Å². The number of aryl methyl sites for hydroxylation is 1. The van der Waals surface area contributed by atoms with E-state index in [2.05, 4.69) is 10.4 Å². The molecule has 0 spiro atoms. The average Bonchev–Trinajstić information content (AvgIpc) is 3.18. The van der Waals surface area contributed by atoms with Gasteiger partial charge in [-0.15, -0.1) is 0 Å². The summed E-state index contributed by atoms with van der Waals surface area (Å²) < 4.78 is 42.2. The summed E-state index contributed by atoms with van der Waals surface area (Å²) in [5, 5.41) is 7.61. The molecule has 1 atom stereocenters. The van der Waals surface area contributed by atoms with Crippen molar-refractivity contribution in [1.29, 1.82) is 0 Å². The van der Waals surface area contributed by atoms with E-state index < -0.39 is 35.3 Å². The monoisotopic (exact) mass is 503 g/mol. The van der Waals surface area contributed by atoms with E-state index in [9.17, 15) is 22.8 Å². The zero-order valence-corrected chi connectivity index (χ0v) is 19.3. The minimum atomic E-state index is -1.30. The van der Waals surface area contributed by atoms with Crippen LogP contribution in [-0.4, -0.2) is 27.6 Å². The van der Waals surface area contributed by atoms with Gasteiger partial charge in [0.15, 0.2) is 11.6 Å². The Balaban J connectivity index is 1.52. The molecule has 0 saturated carbocycles. The number of hydrogen-bond acceptors (Lipinski definition) is 4. The Kier molecular flexibility index (Phi) is 6.95. The zero-order chi connectivity index (χ0) is 25.3. The van der Waals surface area contributed by atoms with Crippen molar-refractivity contribution in [1.82, 2.24) is 9.78 Å². The van der Waals surface area contributed by atoms with Crippen LogP contribution in [0.4, 0.5) is 24.7 Å². The number of nitrogens with two attached hydrogens (primary N) is 1. The van der Waals surface area contributed by atoms with E-state index in [1.54, 1.807) is 37.3 Å². The van der Waals surface area contributed by atoms with Gasteiger partial charge >= 0.3 is 0 Å². The standard InChI is InChI=1S/C24H21ClF3N5O2/c1-13-6-22-32(23(34)9-17(29)7-14-8-20(27)21(28)10-19(14)26)11-15(12-33(22)31-13)24(35)30-18-4-2-16(25)3-5-18/h2-6,8,10-11,17H,7,9,12,29H2,1H3,(H,30,35)/t17-/m1/s1. The third-order valence-electron chi connectivity index (χ3n) is 5.40. The molecule has 2 amide bonds. The first-order chi connectivity index (χ1) is 16.6. The Morgan fingerprint density at radius 3 is 2.51 bits per heavy atom. The van der Waals surface area contributed by atoms with Crippen LogP contribution < -0.4 is 16.0 Å². The zero-order valence-electron chi connectivity index (χ0n) is 18.6. The molecular formula is C24H21ClF3N5O2. The Morgan fingerprint density at radius 2 is 1.80 bits per heavy atom. The second-order valence-corrected chi connectivity index (χ2v) is 8.64. The van der Waals surface area contributed by atoms with Crippen LogP contribution in [0.5, 0.6) is 0 Å². The molecule has 0 radical (unpaired) electrons. The largest absolute Gasteiger partial charge is 0.327 e. The third kappa shape index (κ3) is 5.55. The van der Waals surface area contributed by atoms with Crippen molar-refractivity contribution in [2.75, 3.05) is 10.2 Å². The van der Waals surface area contributed by atoms with Gasteiger partial charge in [-0.2, -0.15) is 5.10 Å². The van der Waals surface area contributed by atoms with Gasteiger partial charge in [0, 0.05) is 41.5 Å². The van der Waals surface area contributed by atoms with Crippen LogP contribution >= 0.6 is 11.6 Å². The van der Waals surface area contributed by atoms with Crippen molar-refractivity contribution in [2.24, 2.45) is 5.73 Å². The van der Waals surface area contributed by atoms with Crippen LogP contribution in [-0.2, 0) is 22.6 Å². The minimum Gasteiger partial charge on any atom is -0.327 e. The SMILES string of the molecule is Cc1cc2n(n1)CC(C(=O)Nc1ccc(Cl)cc1)=CN2C(=O)C[C@H](N)Cc1cc(F)c(F)cc1F. The Morgan fingerprint density at radius 1 is 1.11 bits per heavy atom. The second-order valence-electron chi connectivity index (χ2n) is 8.21. The first-order valence-electron chi connectivity index (χ1n) is 10.6. The van der Waals surface area contributed by atoms with Gasteiger partial charge in [-0.1, -0.05) is 11.6 Å². The maximum atomic E-state index is 14.0.